The van der Waals surface area contributed by atoms with E-state index in [1.54, 1.807) is 12.1 Å². The van der Waals surface area contributed by atoms with Crippen molar-refractivity contribution in [3.8, 4) is 0 Å². The smallest absolute Gasteiger partial charge is 0.254 e. The van der Waals surface area contributed by atoms with Crippen LogP contribution in [0.1, 0.15) is 36.5 Å². The molecular formula is C16H23FN2O. The van der Waals surface area contributed by atoms with Crippen LogP contribution < -0.4 is 0 Å². The number of halogens is 1. The fourth-order valence-corrected chi connectivity index (χ4v) is 2.58. The van der Waals surface area contributed by atoms with Gasteiger partial charge < -0.3 is 9.80 Å². The van der Waals surface area contributed by atoms with Gasteiger partial charge in [-0.3, -0.25) is 4.79 Å². The van der Waals surface area contributed by atoms with E-state index in [9.17, 15) is 9.18 Å². The molecule has 1 aromatic carbocycles. The molecule has 0 bridgehead atoms. The summed E-state index contributed by atoms with van der Waals surface area (Å²) in [7, 11) is 0. The lowest BCUT2D eigenvalue weighted by Gasteiger charge is -2.22. The van der Waals surface area contributed by atoms with Crippen molar-refractivity contribution in [2.45, 2.75) is 26.2 Å². The molecule has 110 valence electrons. The van der Waals surface area contributed by atoms with Gasteiger partial charge in [0.15, 0.2) is 0 Å². The Hall–Kier alpha value is -1.42. The molecule has 20 heavy (non-hydrogen) atoms. The third kappa shape index (κ3) is 4.04. The molecule has 1 fully saturated rings. The van der Waals surface area contributed by atoms with Gasteiger partial charge in [0.25, 0.3) is 5.91 Å². The summed E-state index contributed by atoms with van der Waals surface area (Å²) in [6.07, 6.45) is 3.39. The van der Waals surface area contributed by atoms with Crippen LogP contribution in [0.25, 0.3) is 0 Å². The van der Waals surface area contributed by atoms with Gasteiger partial charge in [-0.2, -0.15) is 0 Å². The predicted octanol–water partition coefficient (Wildman–Crippen LogP) is 2.77. The van der Waals surface area contributed by atoms with Gasteiger partial charge in [-0.25, -0.2) is 4.39 Å². The van der Waals surface area contributed by atoms with Gasteiger partial charge in [0.2, 0.25) is 0 Å². The first-order valence-electron chi connectivity index (χ1n) is 7.48. The van der Waals surface area contributed by atoms with Crippen molar-refractivity contribution < 1.29 is 9.18 Å². The van der Waals surface area contributed by atoms with E-state index >= 15 is 0 Å². The maximum atomic E-state index is 13.2. The molecule has 0 spiro atoms. The Morgan fingerprint density at radius 3 is 2.85 bits per heavy atom. The Morgan fingerprint density at radius 1 is 1.25 bits per heavy atom. The second kappa shape index (κ2) is 7.39. The highest BCUT2D eigenvalue weighted by Gasteiger charge is 2.20. The average Bonchev–Trinajstić information content (AvgIpc) is 2.70. The van der Waals surface area contributed by atoms with Crippen molar-refractivity contribution in [3.05, 3.63) is 35.6 Å². The highest BCUT2D eigenvalue weighted by atomic mass is 19.1. The van der Waals surface area contributed by atoms with Crippen molar-refractivity contribution in [1.82, 2.24) is 9.80 Å². The number of nitrogens with zero attached hydrogens (tertiary/aromatic N) is 2. The second-order valence-corrected chi connectivity index (χ2v) is 5.35. The number of benzene rings is 1. The maximum absolute atomic E-state index is 13.2. The lowest BCUT2D eigenvalue weighted by molar-refractivity contribution is 0.0761. The summed E-state index contributed by atoms with van der Waals surface area (Å²) < 4.78 is 13.2. The number of hydrogen-bond donors (Lipinski definition) is 0. The number of carbonyl (C=O) groups is 1. The van der Waals surface area contributed by atoms with Crippen molar-refractivity contribution in [2.24, 2.45) is 0 Å². The molecule has 2 rings (SSSR count). The van der Waals surface area contributed by atoms with Gasteiger partial charge in [0, 0.05) is 25.2 Å². The molecule has 1 aromatic rings. The van der Waals surface area contributed by atoms with Crippen LogP contribution in [-0.4, -0.2) is 48.4 Å². The lowest BCUT2D eigenvalue weighted by atomic mass is 10.2. The van der Waals surface area contributed by atoms with Crippen molar-refractivity contribution in [2.75, 3.05) is 32.7 Å². The zero-order chi connectivity index (χ0) is 14.4. The molecule has 0 saturated carbocycles. The minimum atomic E-state index is -0.352. The first-order valence-corrected chi connectivity index (χ1v) is 7.48. The standard InChI is InChI=1S/C16H23FN2O/c1-2-3-8-18-9-5-10-19(12-11-18)16(20)14-6-4-7-15(17)13-14/h4,6-7,13H,2-3,5,8-12H2,1H3. The monoisotopic (exact) mass is 278 g/mol. The summed E-state index contributed by atoms with van der Waals surface area (Å²) in [6.45, 7) is 6.76. The highest BCUT2D eigenvalue weighted by molar-refractivity contribution is 5.94. The molecule has 0 aliphatic carbocycles. The largest absolute Gasteiger partial charge is 0.337 e. The van der Waals surface area contributed by atoms with Gasteiger partial charge in [-0.05, 0) is 44.1 Å². The first-order chi connectivity index (χ1) is 9.70. The summed E-state index contributed by atoms with van der Waals surface area (Å²) in [5.41, 5.74) is 0.451. The van der Waals surface area contributed by atoms with Gasteiger partial charge in [-0.15, -0.1) is 0 Å². The Kier molecular flexibility index (Phi) is 5.53. The lowest BCUT2D eigenvalue weighted by Crippen LogP contribution is -2.35. The molecule has 0 atom stereocenters. The van der Waals surface area contributed by atoms with E-state index in [-0.39, 0.29) is 11.7 Å². The summed E-state index contributed by atoms with van der Waals surface area (Å²) in [5.74, 6) is -0.405. The molecule has 0 unspecified atom stereocenters. The number of hydrogen-bond acceptors (Lipinski definition) is 2. The Balaban J connectivity index is 1.94. The molecule has 0 N–H and O–H groups in total. The van der Waals surface area contributed by atoms with Crippen LogP contribution in [0.4, 0.5) is 4.39 Å². The molecule has 1 amide bonds. The van der Waals surface area contributed by atoms with Crippen LogP contribution in [0.2, 0.25) is 0 Å². The number of unbranched alkanes of at least 4 members (excludes halogenated alkanes) is 1. The molecule has 1 saturated heterocycles. The van der Waals surface area contributed by atoms with Crippen LogP contribution in [0.5, 0.6) is 0 Å². The average molecular weight is 278 g/mol. The van der Waals surface area contributed by atoms with Crippen LogP contribution >= 0.6 is 0 Å². The molecule has 1 heterocycles. The molecule has 4 heteroatoms. The molecule has 3 nitrogen and oxygen atoms in total. The Bertz CT molecular complexity index is 450. The molecule has 0 aromatic heterocycles. The molecule has 0 radical (unpaired) electrons. The number of amides is 1. The van der Waals surface area contributed by atoms with E-state index in [2.05, 4.69) is 11.8 Å². The third-order valence-corrected chi connectivity index (χ3v) is 3.78. The zero-order valence-electron chi connectivity index (χ0n) is 12.1. The second-order valence-electron chi connectivity index (χ2n) is 5.35. The van der Waals surface area contributed by atoms with Gasteiger partial charge in [0.1, 0.15) is 5.82 Å². The SMILES string of the molecule is CCCCN1CCCN(C(=O)c2cccc(F)c2)CC1. The van der Waals surface area contributed by atoms with Crippen LogP contribution in [0, 0.1) is 5.82 Å². The van der Waals surface area contributed by atoms with Crippen molar-refractivity contribution in [3.63, 3.8) is 0 Å². The Morgan fingerprint density at radius 2 is 2.10 bits per heavy atom. The van der Waals surface area contributed by atoms with E-state index in [1.165, 1.54) is 25.0 Å². The minimum Gasteiger partial charge on any atom is -0.337 e. The molecule has 1 aliphatic heterocycles. The third-order valence-electron chi connectivity index (χ3n) is 3.78. The maximum Gasteiger partial charge on any atom is 0.254 e. The van der Waals surface area contributed by atoms with Gasteiger partial charge in [-0.1, -0.05) is 19.4 Å². The summed E-state index contributed by atoms with van der Waals surface area (Å²) >= 11 is 0. The van der Waals surface area contributed by atoms with E-state index < -0.39 is 0 Å². The quantitative estimate of drug-likeness (QED) is 0.845. The summed E-state index contributed by atoms with van der Waals surface area (Å²) in [6, 6.07) is 5.97. The van der Waals surface area contributed by atoms with E-state index in [1.807, 2.05) is 4.90 Å². The topological polar surface area (TPSA) is 23.6 Å². The highest BCUT2D eigenvalue weighted by Crippen LogP contribution is 2.11. The van der Waals surface area contributed by atoms with Crippen LogP contribution in [0.15, 0.2) is 24.3 Å². The first kappa shape index (κ1) is 15.0. The normalized spacial score (nSPS) is 17.0. The zero-order valence-corrected chi connectivity index (χ0v) is 12.1. The van der Waals surface area contributed by atoms with Crippen molar-refractivity contribution in [1.29, 1.82) is 0 Å². The van der Waals surface area contributed by atoms with E-state index in [0.717, 1.165) is 39.1 Å². The molecular weight excluding hydrogens is 255 g/mol. The summed E-state index contributed by atoms with van der Waals surface area (Å²) in [4.78, 5) is 16.6. The summed E-state index contributed by atoms with van der Waals surface area (Å²) in [5, 5.41) is 0. The van der Waals surface area contributed by atoms with Gasteiger partial charge >= 0.3 is 0 Å². The number of rotatable bonds is 4. The number of carbonyl (C=O) groups excluding carboxylic acids is 1. The predicted molar refractivity (Wildman–Crippen MR) is 78.3 cm³/mol. The van der Waals surface area contributed by atoms with E-state index in [4.69, 9.17) is 0 Å². The van der Waals surface area contributed by atoms with E-state index in [0.29, 0.717) is 5.56 Å². The fraction of sp³-hybridized carbons (Fsp3) is 0.562. The molecule has 1 aliphatic rings. The van der Waals surface area contributed by atoms with Crippen molar-refractivity contribution >= 4 is 5.91 Å². The van der Waals surface area contributed by atoms with Crippen LogP contribution in [0.3, 0.4) is 0 Å². The minimum absolute atomic E-state index is 0.0539. The van der Waals surface area contributed by atoms with Crippen LogP contribution in [-0.2, 0) is 0 Å². The van der Waals surface area contributed by atoms with Gasteiger partial charge in [0.05, 0.1) is 0 Å². The fourth-order valence-electron chi connectivity index (χ4n) is 2.58. The Labute approximate surface area is 120 Å².